The largest absolute Gasteiger partial charge is 0.392 e. The Hall–Kier alpha value is -1.77. The summed E-state index contributed by atoms with van der Waals surface area (Å²) in [7, 11) is 0. The van der Waals surface area contributed by atoms with Crippen LogP contribution in [0.25, 0.3) is 11.0 Å². The molecule has 0 saturated carbocycles. The van der Waals surface area contributed by atoms with E-state index >= 15 is 0 Å². The molecule has 2 N–H and O–H groups in total. The van der Waals surface area contributed by atoms with E-state index in [1.165, 1.54) is 6.07 Å². The number of halogens is 2. The van der Waals surface area contributed by atoms with Gasteiger partial charge >= 0.3 is 0 Å². The van der Waals surface area contributed by atoms with Crippen molar-refractivity contribution in [1.82, 2.24) is 5.16 Å². The zero-order valence-corrected chi connectivity index (χ0v) is 11.2. The molecule has 0 amide bonds. The molecule has 1 aromatic carbocycles. The van der Waals surface area contributed by atoms with Gasteiger partial charge in [-0.25, -0.2) is 4.39 Å². The highest BCUT2D eigenvalue weighted by Crippen LogP contribution is 2.34. The normalized spacial score (nSPS) is 17.5. The van der Waals surface area contributed by atoms with Crippen molar-refractivity contribution in [1.29, 1.82) is 0 Å². The van der Waals surface area contributed by atoms with E-state index in [9.17, 15) is 13.9 Å². The molecule has 1 aliphatic rings. The molecule has 6 nitrogen and oxygen atoms in total. The zero-order valence-electron chi connectivity index (χ0n) is 11.2. The Morgan fingerprint density at radius 1 is 1.38 bits per heavy atom. The molecule has 3 rings (SSSR count). The molecule has 1 aliphatic heterocycles. The fourth-order valence-corrected chi connectivity index (χ4v) is 2.12. The standard InChI is InChI=1S/C13H14F2N2O4/c1-6(18)5-16-12-8-4-7(13-19-2-3-20-13)9(14)10(15)11(8)21-17-12/h4,6,13,18H,2-3,5H2,1H3,(H,16,17)/t6-/m1/s1. The average Bonchev–Trinajstić information content (AvgIpc) is 3.09. The van der Waals surface area contributed by atoms with Gasteiger partial charge in [0.1, 0.15) is 0 Å². The number of ether oxygens (including phenoxy) is 2. The summed E-state index contributed by atoms with van der Waals surface area (Å²) in [6.07, 6.45) is -1.56. The molecule has 1 aromatic heterocycles. The third-order valence-corrected chi connectivity index (χ3v) is 3.11. The van der Waals surface area contributed by atoms with Crippen LogP contribution in [0.3, 0.4) is 0 Å². The van der Waals surface area contributed by atoms with Crippen molar-refractivity contribution in [3.8, 4) is 0 Å². The van der Waals surface area contributed by atoms with E-state index in [-0.39, 0.29) is 28.9 Å². The monoisotopic (exact) mass is 300 g/mol. The van der Waals surface area contributed by atoms with Crippen molar-refractivity contribution >= 4 is 16.8 Å². The first-order valence-corrected chi connectivity index (χ1v) is 6.50. The minimum atomic E-state index is -1.14. The molecule has 114 valence electrons. The van der Waals surface area contributed by atoms with E-state index in [0.717, 1.165) is 0 Å². The van der Waals surface area contributed by atoms with Gasteiger partial charge in [0.25, 0.3) is 0 Å². The maximum absolute atomic E-state index is 14.0. The summed E-state index contributed by atoms with van der Waals surface area (Å²) in [6.45, 7) is 2.43. The first-order chi connectivity index (χ1) is 10.1. The lowest BCUT2D eigenvalue weighted by Crippen LogP contribution is -2.15. The number of anilines is 1. The molecule has 0 bridgehead atoms. The van der Waals surface area contributed by atoms with Gasteiger partial charge in [0.15, 0.2) is 17.9 Å². The average molecular weight is 300 g/mol. The second-order valence-electron chi connectivity index (χ2n) is 4.81. The van der Waals surface area contributed by atoms with E-state index in [0.29, 0.717) is 13.2 Å². The number of aliphatic hydroxyl groups excluding tert-OH is 1. The summed E-state index contributed by atoms with van der Waals surface area (Å²) in [5, 5.41) is 16.0. The van der Waals surface area contributed by atoms with Crippen LogP contribution >= 0.6 is 0 Å². The van der Waals surface area contributed by atoms with Crippen molar-refractivity contribution in [2.45, 2.75) is 19.3 Å². The number of nitrogens with one attached hydrogen (secondary N) is 1. The fourth-order valence-electron chi connectivity index (χ4n) is 2.12. The van der Waals surface area contributed by atoms with Crippen molar-refractivity contribution in [3.05, 3.63) is 23.3 Å². The second-order valence-corrected chi connectivity index (χ2v) is 4.81. The van der Waals surface area contributed by atoms with Crippen molar-refractivity contribution in [2.24, 2.45) is 0 Å². The van der Waals surface area contributed by atoms with Crippen LogP contribution in [0.15, 0.2) is 10.6 Å². The summed E-state index contributed by atoms with van der Waals surface area (Å²) < 4.78 is 43.3. The van der Waals surface area contributed by atoms with E-state index in [1.54, 1.807) is 6.92 Å². The molecule has 0 radical (unpaired) electrons. The van der Waals surface area contributed by atoms with Crippen LogP contribution in [0, 0.1) is 11.6 Å². The third-order valence-electron chi connectivity index (χ3n) is 3.11. The molecule has 1 fully saturated rings. The number of rotatable bonds is 4. The van der Waals surface area contributed by atoms with Crippen molar-refractivity contribution < 1.29 is 27.9 Å². The number of aliphatic hydroxyl groups is 1. The number of nitrogens with zero attached hydrogens (tertiary/aromatic N) is 1. The van der Waals surface area contributed by atoms with Gasteiger partial charge < -0.3 is 24.4 Å². The number of fused-ring (bicyclic) bond motifs is 1. The Labute approximate surface area is 118 Å². The smallest absolute Gasteiger partial charge is 0.207 e. The Morgan fingerprint density at radius 2 is 2.10 bits per heavy atom. The van der Waals surface area contributed by atoms with Crippen LogP contribution in [-0.4, -0.2) is 36.1 Å². The molecule has 21 heavy (non-hydrogen) atoms. The van der Waals surface area contributed by atoms with Crippen LogP contribution in [-0.2, 0) is 9.47 Å². The molecule has 2 heterocycles. The lowest BCUT2D eigenvalue weighted by atomic mass is 10.1. The lowest BCUT2D eigenvalue weighted by Gasteiger charge is -2.11. The van der Waals surface area contributed by atoms with E-state index in [2.05, 4.69) is 10.5 Å². The Morgan fingerprint density at radius 3 is 2.76 bits per heavy atom. The van der Waals surface area contributed by atoms with Gasteiger partial charge in [0, 0.05) is 12.1 Å². The van der Waals surface area contributed by atoms with Crippen LogP contribution < -0.4 is 5.32 Å². The van der Waals surface area contributed by atoms with Gasteiger partial charge in [0.05, 0.1) is 24.7 Å². The first kappa shape index (κ1) is 14.2. The maximum atomic E-state index is 14.0. The van der Waals surface area contributed by atoms with Crippen LogP contribution in [0.4, 0.5) is 14.6 Å². The van der Waals surface area contributed by atoms with E-state index < -0.39 is 24.0 Å². The van der Waals surface area contributed by atoms with Crippen molar-refractivity contribution in [3.63, 3.8) is 0 Å². The zero-order chi connectivity index (χ0) is 15.0. The van der Waals surface area contributed by atoms with Crippen LogP contribution in [0.2, 0.25) is 0 Å². The highest BCUT2D eigenvalue weighted by Gasteiger charge is 2.28. The minimum Gasteiger partial charge on any atom is -0.392 e. The Bertz CT molecular complexity index is 653. The van der Waals surface area contributed by atoms with Gasteiger partial charge in [-0.3, -0.25) is 0 Å². The van der Waals surface area contributed by atoms with E-state index in [4.69, 9.17) is 14.0 Å². The molecule has 0 unspecified atom stereocenters. The van der Waals surface area contributed by atoms with Crippen LogP contribution in [0.1, 0.15) is 18.8 Å². The SMILES string of the molecule is C[C@@H](O)CNc1noc2c(F)c(F)c(C3OCCO3)cc12. The number of aromatic nitrogens is 1. The lowest BCUT2D eigenvalue weighted by molar-refractivity contribution is -0.0467. The Balaban J connectivity index is 2.04. The highest BCUT2D eigenvalue weighted by molar-refractivity contribution is 5.89. The topological polar surface area (TPSA) is 76.8 Å². The Kier molecular flexibility index (Phi) is 3.75. The third kappa shape index (κ3) is 2.57. The van der Waals surface area contributed by atoms with Gasteiger partial charge in [-0.15, -0.1) is 0 Å². The number of hydrogen-bond donors (Lipinski definition) is 2. The quantitative estimate of drug-likeness (QED) is 0.898. The van der Waals surface area contributed by atoms with Gasteiger partial charge in [-0.2, -0.15) is 4.39 Å². The minimum absolute atomic E-state index is 0.0409. The van der Waals surface area contributed by atoms with Gasteiger partial charge in [0.2, 0.25) is 11.4 Å². The summed E-state index contributed by atoms with van der Waals surface area (Å²) in [5.74, 6) is -1.99. The van der Waals surface area contributed by atoms with Crippen molar-refractivity contribution in [2.75, 3.05) is 25.1 Å². The van der Waals surface area contributed by atoms with Gasteiger partial charge in [-0.05, 0) is 13.0 Å². The highest BCUT2D eigenvalue weighted by atomic mass is 19.2. The number of benzene rings is 1. The predicted molar refractivity (Wildman–Crippen MR) is 68.7 cm³/mol. The first-order valence-electron chi connectivity index (χ1n) is 6.50. The van der Waals surface area contributed by atoms with Crippen LogP contribution in [0.5, 0.6) is 0 Å². The molecule has 0 spiro atoms. The summed E-state index contributed by atoms with van der Waals surface area (Å²) >= 11 is 0. The summed E-state index contributed by atoms with van der Waals surface area (Å²) in [4.78, 5) is 0. The van der Waals surface area contributed by atoms with E-state index in [1.807, 2.05) is 0 Å². The molecular formula is C13H14F2N2O4. The molecule has 8 heteroatoms. The molecular weight excluding hydrogens is 286 g/mol. The fraction of sp³-hybridized carbons (Fsp3) is 0.462. The molecule has 1 saturated heterocycles. The predicted octanol–water partition coefficient (Wildman–Crippen LogP) is 1.94. The summed E-state index contributed by atoms with van der Waals surface area (Å²) in [5.41, 5.74) is -0.330. The second kappa shape index (κ2) is 5.55. The van der Waals surface area contributed by atoms with Gasteiger partial charge in [-0.1, -0.05) is 5.16 Å². The maximum Gasteiger partial charge on any atom is 0.207 e. The molecule has 0 aliphatic carbocycles. The number of hydrogen-bond acceptors (Lipinski definition) is 6. The molecule has 1 atom stereocenters. The summed E-state index contributed by atoms with van der Waals surface area (Å²) in [6, 6.07) is 1.38. The molecule has 2 aromatic rings.